The van der Waals surface area contributed by atoms with Gasteiger partial charge in [-0.3, -0.25) is 0 Å². The van der Waals surface area contributed by atoms with Gasteiger partial charge in [-0.1, -0.05) is 19.9 Å². The third-order valence-corrected chi connectivity index (χ3v) is 2.98. The summed E-state index contributed by atoms with van der Waals surface area (Å²) in [4.78, 5) is 0. The van der Waals surface area contributed by atoms with Gasteiger partial charge >= 0.3 is 0 Å². The first-order chi connectivity index (χ1) is 8.00. The maximum atomic E-state index is 13.2. The summed E-state index contributed by atoms with van der Waals surface area (Å²) in [6.45, 7) is 9.57. The summed E-state index contributed by atoms with van der Waals surface area (Å²) >= 11 is 0. The minimum Gasteiger partial charge on any atom is -0.492 e. The fourth-order valence-electron chi connectivity index (χ4n) is 1.35. The zero-order valence-electron chi connectivity index (χ0n) is 11.1. The van der Waals surface area contributed by atoms with Gasteiger partial charge in [-0.2, -0.15) is 0 Å². The molecule has 1 rings (SSSR count). The van der Waals surface area contributed by atoms with Gasteiger partial charge in [0.15, 0.2) is 0 Å². The Morgan fingerprint density at radius 2 is 2.00 bits per heavy atom. The Bertz CT molecular complexity index is 352. The maximum absolute atomic E-state index is 13.2. The van der Waals surface area contributed by atoms with Crippen molar-refractivity contribution in [3.8, 4) is 5.75 Å². The van der Waals surface area contributed by atoms with Gasteiger partial charge in [-0.15, -0.1) is 0 Å². The molecule has 0 radical (unpaired) electrons. The first-order valence-electron chi connectivity index (χ1n) is 6.13. The van der Waals surface area contributed by atoms with E-state index in [4.69, 9.17) is 4.74 Å². The Morgan fingerprint density at radius 3 is 2.59 bits per heavy atom. The monoisotopic (exact) mass is 239 g/mol. The van der Waals surface area contributed by atoms with E-state index in [-0.39, 0.29) is 5.82 Å². The van der Waals surface area contributed by atoms with Crippen molar-refractivity contribution >= 4 is 0 Å². The molecule has 3 heteroatoms. The summed E-state index contributed by atoms with van der Waals surface area (Å²) in [7, 11) is 0. The molecule has 1 atom stereocenters. The van der Waals surface area contributed by atoms with Crippen LogP contribution in [0.1, 0.15) is 26.3 Å². The summed E-state index contributed by atoms with van der Waals surface area (Å²) in [5, 5.41) is 3.36. The smallest absolute Gasteiger partial charge is 0.129 e. The van der Waals surface area contributed by atoms with Gasteiger partial charge in [-0.25, -0.2) is 4.39 Å². The van der Waals surface area contributed by atoms with Crippen LogP contribution >= 0.6 is 0 Å². The molecule has 0 saturated heterocycles. The highest BCUT2D eigenvalue weighted by Crippen LogP contribution is 2.15. The predicted octanol–water partition coefficient (Wildman–Crippen LogP) is 3.15. The second kappa shape index (κ2) is 6.60. The van der Waals surface area contributed by atoms with Crippen LogP contribution < -0.4 is 10.1 Å². The Balaban J connectivity index is 2.29. The number of benzene rings is 1. The fourth-order valence-corrected chi connectivity index (χ4v) is 1.35. The lowest BCUT2D eigenvalue weighted by Gasteiger charge is -2.17. The summed E-state index contributed by atoms with van der Waals surface area (Å²) in [6.07, 6.45) is 0. The van der Waals surface area contributed by atoms with E-state index in [0.29, 0.717) is 29.9 Å². The zero-order valence-corrected chi connectivity index (χ0v) is 11.1. The van der Waals surface area contributed by atoms with Crippen molar-refractivity contribution in [1.82, 2.24) is 5.32 Å². The van der Waals surface area contributed by atoms with Crippen molar-refractivity contribution in [2.45, 2.75) is 33.7 Å². The third kappa shape index (κ3) is 4.73. The molecule has 17 heavy (non-hydrogen) atoms. The highest BCUT2D eigenvalue weighted by molar-refractivity contribution is 5.27. The summed E-state index contributed by atoms with van der Waals surface area (Å²) in [5.74, 6) is 0.977. The average Bonchev–Trinajstić information content (AvgIpc) is 2.28. The van der Waals surface area contributed by atoms with E-state index in [0.717, 1.165) is 6.54 Å². The first-order valence-corrected chi connectivity index (χ1v) is 6.13. The summed E-state index contributed by atoms with van der Waals surface area (Å²) in [6, 6.07) is 5.42. The first kappa shape index (κ1) is 14.0. The van der Waals surface area contributed by atoms with Gasteiger partial charge in [0.1, 0.15) is 18.2 Å². The van der Waals surface area contributed by atoms with Gasteiger partial charge in [-0.05, 0) is 31.4 Å². The van der Waals surface area contributed by atoms with Crippen LogP contribution in [0.5, 0.6) is 5.75 Å². The van der Waals surface area contributed by atoms with E-state index in [1.807, 2.05) is 0 Å². The topological polar surface area (TPSA) is 21.3 Å². The lowest BCUT2D eigenvalue weighted by molar-refractivity contribution is 0.295. The molecule has 1 aromatic rings. The van der Waals surface area contributed by atoms with Crippen molar-refractivity contribution in [3.05, 3.63) is 29.6 Å². The van der Waals surface area contributed by atoms with Gasteiger partial charge in [0.2, 0.25) is 0 Å². The van der Waals surface area contributed by atoms with Gasteiger partial charge in [0.05, 0.1) is 0 Å². The molecular formula is C14H22FNO. The largest absolute Gasteiger partial charge is 0.492 e. The molecule has 1 aromatic carbocycles. The molecule has 1 N–H and O–H groups in total. The van der Waals surface area contributed by atoms with Gasteiger partial charge in [0, 0.05) is 18.7 Å². The lowest BCUT2D eigenvalue weighted by Crippen LogP contribution is -2.33. The van der Waals surface area contributed by atoms with E-state index in [1.165, 1.54) is 6.07 Å². The van der Waals surface area contributed by atoms with Crippen LogP contribution in [0.3, 0.4) is 0 Å². The number of rotatable bonds is 6. The Labute approximate surface area is 103 Å². The van der Waals surface area contributed by atoms with Crippen LogP contribution in [-0.2, 0) is 0 Å². The van der Waals surface area contributed by atoms with Crippen molar-refractivity contribution in [2.75, 3.05) is 13.2 Å². The van der Waals surface area contributed by atoms with Gasteiger partial charge < -0.3 is 10.1 Å². The molecule has 0 aliphatic rings. The van der Waals surface area contributed by atoms with E-state index in [1.54, 1.807) is 19.1 Å². The van der Waals surface area contributed by atoms with E-state index in [2.05, 4.69) is 26.1 Å². The number of nitrogens with one attached hydrogen (secondary N) is 1. The molecule has 0 heterocycles. The van der Waals surface area contributed by atoms with Gasteiger partial charge in [0.25, 0.3) is 0 Å². The predicted molar refractivity (Wildman–Crippen MR) is 68.9 cm³/mol. The maximum Gasteiger partial charge on any atom is 0.129 e. The number of halogens is 1. The second-order valence-electron chi connectivity index (χ2n) is 4.75. The third-order valence-electron chi connectivity index (χ3n) is 2.98. The van der Waals surface area contributed by atoms with E-state index < -0.39 is 0 Å². The zero-order chi connectivity index (χ0) is 12.8. The Hall–Kier alpha value is -1.09. The Morgan fingerprint density at radius 1 is 1.29 bits per heavy atom. The molecule has 0 saturated carbocycles. The highest BCUT2D eigenvalue weighted by Gasteiger charge is 2.05. The van der Waals surface area contributed by atoms with Crippen LogP contribution in [0.25, 0.3) is 0 Å². The lowest BCUT2D eigenvalue weighted by atomic mass is 10.1. The minimum atomic E-state index is -0.217. The molecule has 0 aliphatic heterocycles. The molecule has 0 fully saturated rings. The van der Waals surface area contributed by atoms with Crippen LogP contribution in [0.2, 0.25) is 0 Å². The highest BCUT2D eigenvalue weighted by atomic mass is 19.1. The molecular weight excluding hydrogens is 217 g/mol. The summed E-state index contributed by atoms with van der Waals surface area (Å²) in [5.41, 5.74) is 0.643. The molecule has 0 aliphatic carbocycles. The van der Waals surface area contributed by atoms with E-state index in [9.17, 15) is 4.39 Å². The molecule has 0 amide bonds. The van der Waals surface area contributed by atoms with Crippen LogP contribution in [0.15, 0.2) is 18.2 Å². The standard InChI is InChI=1S/C14H22FNO/c1-10(2)12(4)16-7-8-17-13-6-5-11(3)14(15)9-13/h5-6,9-10,12,16H,7-8H2,1-4H3. The number of hydrogen-bond donors (Lipinski definition) is 1. The molecule has 0 aromatic heterocycles. The molecule has 2 nitrogen and oxygen atoms in total. The molecule has 96 valence electrons. The summed E-state index contributed by atoms with van der Waals surface area (Å²) < 4.78 is 18.7. The fraction of sp³-hybridized carbons (Fsp3) is 0.571. The van der Waals surface area contributed by atoms with Crippen molar-refractivity contribution in [1.29, 1.82) is 0 Å². The van der Waals surface area contributed by atoms with Crippen LogP contribution in [0, 0.1) is 18.7 Å². The average molecular weight is 239 g/mol. The molecule has 0 spiro atoms. The molecule has 0 bridgehead atoms. The van der Waals surface area contributed by atoms with Crippen LogP contribution in [-0.4, -0.2) is 19.2 Å². The van der Waals surface area contributed by atoms with Crippen molar-refractivity contribution < 1.29 is 9.13 Å². The van der Waals surface area contributed by atoms with Crippen molar-refractivity contribution in [2.24, 2.45) is 5.92 Å². The quantitative estimate of drug-likeness (QED) is 0.770. The number of ether oxygens (including phenoxy) is 1. The minimum absolute atomic E-state index is 0.217. The Kier molecular flexibility index (Phi) is 5.42. The van der Waals surface area contributed by atoms with Crippen molar-refractivity contribution in [3.63, 3.8) is 0 Å². The second-order valence-corrected chi connectivity index (χ2v) is 4.75. The number of aryl methyl sites for hydroxylation is 1. The SMILES string of the molecule is Cc1ccc(OCCNC(C)C(C)C)cc1F. The molecule has 1 unspecified atom stereocenters. The number of hydrogen-bond acceptors (Lipinski definition) is 2. The van der Waals surface area contributed by atoms with E-state index >= 15 is 0 Å². The normalized spacial score (nSPS) is 12.8. The van der Waals surface area contributed by atoms with Crippen LogP contribution in [0.4, 0.5) is 4.39 Å².